The summed E-state index contributed by atoms with van der Waals surface area (Å²) < 4.78 is 6.84. The zero-order valence-electron chi connectivity index (χ0n) is 13.7. The highest BCUT2D eigenvalue weighted by molar-refractivity contribution is 5.72. The van der Waals surface area contributed by atoms with E-state index < -0.39 is 0 Å². The SMILES string of the molecule is C[N+]12CCCC[C@@H]1[C@H](COC(=O)Cc1ccccc1)CCC2. The zero-order chi connectivity index (χ0) is 15.4. The Hall–Kier alpha value is -1.35. The molecule has 0 aliphatic carbocycles. The van der Waals surface area contributed by atoms with Crippen molar-refractivity contribution in [3.63, 3.8) is 0 Å². The smallest absolute Gasteiger partial charge is 0.310 e. The first-order valence-corrected chi connectivity index (χ1v) is 8.71. The summed E-state index contributed by atoms with van der Waals surface area (Å²) in [6.45, 7) is 3.22. The summed E-state index contributed by atoms with van der Waals surface area (Å²) in [5, 5.41) is 0. The number of benzene rings is 1. The fourth-order valence-electron chi connectivity index (χ4n) is 4.44. The fraction of sp³-hybridized carbons (Fsp3) is 0.632. The van der Waals surface area contributed by atoms with E-state index >= 15 is 0 Å². The van der Waals surface area contributed by atoms with E-state index in [0.29, 0.717) is 25.0 Å². The van der Waals surface area contributed by atoms with Gasteiger partial charge in [0.2, 0.25) is 0 Å². The van der Waals surface area contributed by atoms with Gasteiger partial charge in [-0.15, -0.1) is 0 Å². The number of nitrogens with zero attached hydrogens (tertiary/aromatic N) is 1. The zero-order valence-corrected chi connectivity index (χ0v) is 13.7. The highest BCUT2D eigenvalue weighted by Gasteiger charge is 2.43. The van der Waals surface area contributed by atoms with Gasteiger partial charge in [-0.1, -0.05) is 30.3 Å². The lowest BCUT2D eigenvalue weighted by Crippen LogP contribution is -2.61. The molecule has 1 unspecified atom stereocenters. The molecule has 0 radical (unpaired) electrons. The second-order valence-corrected chi connectivity index (χ2v) is 7.24. The Labute approximate surface area is 133 Å². The van der Waals surface area contributed by atoms with Crippen LogP contribution in [0.2, 0.25) is 0 Å². The first-order chi connectivity index (χ1) is 10.7. The van der Waals surface area contributed by atoms with Gasteiger partial charge in [0.25, 0.3) is 0 Å². The third-order valence-electron chi connectivity index (χ3n) is 5.66. The van der Waals surface area contributed by atoms with E-state index in [2.05, 4.69) is 7.05 Å². The Morgan fingerprint density at radius 3 is 2.73 bits per heavy atom. The number of hydrogen-bond donors (Lipinski definition) is 0. The number of quaternary nitrogens is 1. The molecule has 0 aromatic heterocycles. The van der Waals surface area contributed by atoms with Crippen molar-refractivity contribution in [1.29, 1.82) is 0 Å². The molecule has 0 spiro atoms. The predicted molar refractivity (Wildman–Crippen MR) is 87.4 cm³/mol. The average molecular weight is 302 g/mol. The number of carbonyl (C=O) groups excluding carboxylic acids is 1. The van der Waals surface area contributed by atoms with Crippen LogP contribution in [0.4, 0.5) is 0 Å². The van der Waals surface area contributed by atoms with Gasteiger partial charge in [-0.3, -0.25) is 4.79 Å². The molecule has 2 fully saturated rings. The Morgan fingerprint density at radius 2 is 1.91 bits per heavy atom. The summed E-state index contributed by atoms with van der Waals surface area (Å²) in [5.41, 5.74) is 1.04. The molecule has 0 amide bonds. The van der Waals surface area contributed by atoms with Gasteiger partial charge in [-0.2, -0.15) is 0 Å². The highest BCUT2D eigenvalue weighted by atomic mass is 16.5. The monoisotopic (exact) mass is 302 g/mol. The van der Waals surface area contributed by atoms with E-state index in [1.165, 1.54) is 49.7 Å². The number of carbonyl (C=O) groups is 1. The van der Waals surface area contributed by atoms with Gasteiger partial charge >= 0.3 is 5.97 Å². The lowest BCUT2D eigenvalue weighted by molar-refractivity contribution is -0.947. The minimum Gasteiger partial charge on any atom is -0.465 e. The van der Waals surface area contributed by atoms with Gasteiger partial charge in [-0.05, 0) is 31.2 Å². The molecule has 3 nitrogen and oxygen atoms in total. The van der Waals surface area contributed by atoms with Crippen molar-refractivity contribution in [2.75, 3.05) is 26.7 Å². The van der Waals surface area contributed by atoms with Crippen molar-refractivity contribution in [3.8, 4) is 0 Å². The van der Waals surface area contributed by atoms with Crippen LogP contribution in [0.15, 0.2) is 30.3 Å². The molecular weight excluding hydrogens is 274 g/mol. The number of hydrogen-bond acceptors (Lipinski definition) is 2. The molecule has 3 heteroatoms. The molecule has 22 heavy (non-hydrogen) atoms. The van der Waals surface area contributed by atoms with Crippen molar-refractivity contribution in [2.24, 2.45) is 5.92 Å². The van der Waals surface area contributed by atoms with Crippen molar-refractivity contribution in [3.05, 3.63) is 35.9 Å². The standard InChI is InChI=1S/C19H28NO2/c1-20-12-6-5-11-18(20)17(10-7-13-20)15-22-19(21)14-16-8-3-2-4-9-16/h2-4,8-9,17-18H,5-7,10-15H2,1H3/q+1/t17-,18+,20?/m0/s1. The molecule has 0 saturated carbocycles. The summed E-state index contributed by atoms with van der Waals surface area (Å²) >= 11 is 0. The minimum atomic E-state index is -0.0817. The molecule has 1 aromatic rings. The lowest BCUT2D eigenvalue weighted by Gasteiger charge is -2.51. The Morgan fingerprint density at radius 1 is 1.14 bits per heavy atom. The Balaban J connectivity index is 1.53. The molecule has 2 aliphatic heterocycles. The van der Waals surface area contributed by atoms with Crippen LogP contribution in [0.5, 0.6) is 0 Å². The summed E-state index contributed by atoms with van der Waals surface area (Å²) in [7, 11) is 2.40. The van der Waals surface area contributed by atoms with Crippen LogP contribution in [0.25, 0.3) is 0 Å². The van der Waals surface area contributed by atoms with E-state index in [0.717, 1.165) is 5.56 Å². The maximum atomic E-state index is 12.1. The van der Waals surface area contributed by atoms with Crippen molar-refractivity contribution < 1.29 is 14.0 Å². The third-order valence-corrected chi connectivity index (χ3v) is 5.66. The van der Waals surface area contributed by atoms with Crippen molar-refractivity contribution in [1.82, 2.24) is 0 Å². The number of fused-ring (bicyclic) bond motifs is 1. The number of ether oxygens (including phenoxy) is 1. The number of esters is 1. The van der Waals surface area contributed by atoms with E-state index in [1.54, 1.807) is 0 Å². The van der Waals surface area contributed by atoms with E-state index in [1.807, 2.05) is 30.3 Å². The summed E-state index contributed by atoms with van der Waals surface area (Å²) in [6.07, 6.45) is 6.88. The Kier molecular flexibility index (Phi) is 4.82. The van der Waals surface area contributed by atoms with Crippen LogP contribution in [0.3, 0.4) is 0 Å². The van der Waals surface area contributed by atoms with Gasteiger partial charge in [-0.25, -0.2) is 0 Å². The first kappa shape index (κ1) is 15.5. The maximum absolute atomic E-state index is 12.1. The summed E-state index contributed by atoms with van der Waals surface area (Å²) in [5.74, 6) is 0.473. The maximum Gasteiger partial charge on any atom is 0.310 e. The normalized spacial score (nSPS) is 31.3. The van der Waals surface area contributed by atoms with Crippen LogP contribution in [0.1, 0.15) is 37.7 Å². The molecule has 3 atom stereocenters. The largest absolute Gasteiger partial charge is 0.465 e. The molecule has 2 saturated heterocycles. The average Bonchev–Trinajstić information content (AvgIpc) is 2.53. The van der Waals surface area contributed by atoms with Crippen LogP contribution >= 0.6 is 0 Å². The summed E-state index contributed by atoms with van der Waals surface area (Å²) in [6, 6.07) is 10.6. The number of rotatable bonds is 4. The van der Waals surface area contributed by atoms with Gasteiger partial charge in [0, 0.05) is 12.3 Å². The number of piperidine rings is 2. The van der Waals surface area contributed by atoms with Gasteiger partial charge in [0.05, 0.1) is 39.2 Å². The summed E-state index contributed by atoms with van der Waals surface area (Å²) in [4.78, 5) is 12.1. The van der Waals surface area contributed by atoms with E-state index in [4.69, 9.17) is 4.74 Å². The molecule has 2 aliphatic rings. The second-order valence-electron chi connectivity index (χ2n) is 7.24. The van der Waals surface area contributed by atoms with Crippen molar-refractivity contribution >= 4 is 5.97 Å². The highest BCUT2D eigenvalue weighted by Crippen LogP contribution is 2.36. The van der Waals surface area contributed by atoms with Crippen LogP contribution in [0, 0.1) is 5.92 Å². The molecule has 0 bridgehead atoms. The van der Waals surface area contributed by atoms with Crippen LogP contribution < -0.4 is 0 Å². The minimum absolute atomic E-state index is 0.0817. The van der Waals surface area contributed by atoms with Crippen LogP contribution in [-0.4, -0.2) is 43.2 Å². The second kappa shape index (κ2) is 6.82. The molecule has 0 N–H and O–H groups in total. The van der Waals surface area contributed by atoms with Gasteiger partial charge < -0.3 is 9.22 Å². The topological polar surface area (TPSA) is 26.3 Å². The van der Waals surface area contributed by atoms with Crippen LogP contribution in [-0.2, 0) is 16.0 Å². The molecular formula is C19H28NO2+. The van der Waals surface area contributed by atoms with Crippen molar-refractivity contribution in [2.45, 2.75) is 44.6 Å². The van der Waals surface area contributed by atoms with Gasteiger partial charge in [0.1, 0.15) is 0 Å². The predicted octanol–water partition coefficient (Wildman–Crippen LogP) is 3.18. The quantitative estimate of drug-likeness (QED) is 0.631. The molecule has 1 aromatic carbocycles. The molecule has 2 heterocycles. The molecule has 120 valence electrons. The fourth-order valence-corrected chi connectivity index (χ4v) is 4.44. The van der Waals surface area contributed by atoms with Gasteiger partial charge in [0.15, 0.2) is 0 Å². The molecule has 3 rings (SSSR count). The first-order valence-electron chi connectivity index (χ1n) is 8.71. The lowest BCUT2D eigenvalue weighted by atomic mass is 9.82. The third kappa shape index (κ3) is 3.52. The van der Waals surface area contributed by atoms with E-state index in [-0.39, 0.29) is 5.97 Å². The van der Waals surface area contributed by atoms with E-state index in [9.17, 15) is 4.79 Å². The Bertz CT molecular complexity index is 497.